The van der Waals surface area contributed by atoms with Crippen LogP contribution in [0.15, 0.2) is 24.3 Å². The molecule has 2 aromatic carbocycles. The first-order valence-corrected chi connectivity index (χ1v) is 9.01. The molecule has 116 valence electrons. The van der Waals surface area contributed by atoms with Crippen LogP contribution in [0.3, 0.4) is 0 Å². The minimum Gasteiger partial charge on any atom is -0.288 e. The third-order valence-electron chi connectivity index (χ3n) is 3.00. The van der Waals surface area contributed by atoms with Gasteiger partial charge in [-0.2, -0.15) is 0 Å². The van der Waals surface area contributed by atoms with Crippen LogP contribution in [0.1, 0.15) is 27.0 Å². The zero-order valence-electron chi connectivity index (χ0n) is 10.9. The Morgan fingerprint density at radius 2 is 1.23 bits per heavy atom. The monoisotopic (exact) mass is 470 g/mol. The van der Waals surface area contributed by atoms with Gasteiger partial charge in [0, 0.05) is 31.8 Å². The number of carbonyl (C=O) groups is 1. The Hall–Kier alpha value is -0.490. The predicted molar refractivity (Wildman–Crippen MR) is 91.5 cm³/mol. The zero-order chi connectivity index (χ0) is 16.4. The van der Waals surface area contributed by atoms with Crippen molar-refractivity contribution in [2.75, 3.05) is 0 Å². The third kappa shape index (κ3) is 3.53. The Bertz CT molecular complexity index is 689. The summed E-state index contributed by atoms with van der Waals surface area (Å²) in [5, 5.41) is 0.763. The largest absolute Gasteiger partial charge is 0.288 e. The first kappa shape index (κ1) is 17.9. The summed E-state index contributed by atoms with van der Waals surface area (Å²) in [6.45, 7) is 0. The fraction of sp³-hybridized carbons (Fsp3) is 0.133. The predicted octanol–water partition coefficient (Wildman–Crippen LogP) is 6.29. The van der Waals surface area contributed by atoms with Crippen LogP contribution in [0, 0.1) is 11.6 Å². The second-order valence-electron chi connectivity index (χ2n) is 4.45. The lowest BCUT2D eigenvalue weighted by Gasteiger charge is -2.10. The van der Waals surface area contributed by atoms with Gasteiger partial charge in [-0.05, 0) is 24.3 Å². The molecule has 0 aromatic heterocycles. The first-order chi connectivity index (χ1) is 10.4. The second kappa shape index (κ2) is 7.39. The summed E-state index contributed by atoms with van der Waals surface area (Å²) in [5.74, 6) is -2.26. The van der Waals surface area contributed by atoms with Gasteiger partial charge in [-0.1, -0.05) is 55.1 Å². The van der Waals surface area contributed by atoms with Crippen LogP contribution in [0.5, 0.6) is 0 Å². The number of halogens is 6. The molecule has 0 heterocycles. The normalized spacial score (nSPS) is 10.8. The topological polar surface area (TPSA) is 17.1 Å². The molecule has 0 amide bonds. The van der Waals surface area contributed by atoms with E-state index in [-0.39, 0.29) is 43.0 Å². The van der Waals surface area contributed by atoms with E-state index < -0.39 is 17.4 Å². The van der Waals surface area contributed by atoms with Gasteiger partial charge in [-0.25, -0.2) is 8.78 Å². The molecule has 0 N–H and O–H groups in total. The van der Waals surface area contributed by atoms with Gasteiger partial charge in [0.05, 0.1) is 11.1 Å². The summed E-state index contributed by atoms with van der Waals surface area (Å²) < 4.78 is 28.7. The Morgan fingerprint density at radius 3 is 1.55 bits per heavy atom. The average molecular weight is 473 g/mol. The third-order valence-corrected chi connectivity index (χ3v) is 4.65. The van der Waals surface area contributed by atoms with Crippen LogP contribution in [0.4, 0.5) is 8.78 Å². The molecule has 0 atom stereocenters. The highest BCUT2D eigenvalue weighted by Crippen LogP contribution is 2.28. The average Bonchev–Trinajstić information content (AvgIpc) is 2.50. The molecule has 0 bridgehead atoms. The van der Waals surface area contributed by atoms with E-state index >= 15 is 0 Å². The number of alkyl halides is 2. The van der Waals surface area contributed by atoms with E-state index in [4.69, 9.17) is 23.2 Å². The zero-order valence-corrected chi connectivity index (χ0v) is 15.6. The van der Waals surface area contributed by atoms with Crippen LogP contribution in [-0.4, -0.2) is 5.78 Å². The summed E-state index contributed by atoms with van der Waals surface area (Å²) in [4.78, 5) is 12.5. The number of hydrogen-bond donors (Lipinski definition) is 0. The standard InChI is InChI=1S/C15H8Br2Cl2F2O/c16-5-7-1-9(18)3-11(13(7)20)15(22)12-4-10(19)2-8(6-17)14(12)21/h1-4H,5-6H2. The summed E-state index contributed by atoms with van der Waals surface area (Å²) in [6, 6.07) is 5.17. The molecule has 2 aromatic rings. The van der Waals surface area contributed by atoms with Gasteiger partial charge in [0.15, 0.2) is 5.78 Å². The Balaban J connectivity index is 2.63. The van der Waals surface area contributed by atoms with Crippen LogP contribution >= 0.6 is 55.1 Å². The van der Waals surface area contributed by atoms with Gasteiger partial charge in [-0.3, -0.25) is 4.79 Å². The van der Waals surface area contributed by atoms with Gasteiger partial charge in [0.2, 0.25) is 0 Å². The van der Waals surface area contributed by atoms with Crippen LogP contribution in [-0.2, 0) is 10.7 Å². The van der Waals surface area contributed by atoms with E-state index in [2.05, 4.69) is 31.9 Å². The summed E-state index contributed by atoms with van der Waals surface area (Å²) in [6.07, 6.45) is 0. The van der Waals surface area contributed by atoms with Crippen molar-refractivity contribution >= 4 is 60.8 Å². The summed E-state index contributed by atoms with van der Waals surface area (Å²) in [7, 11) is 0. The SMILES string of the molecule is O=C(c1cc(Cl)cc(CBr)c1F)c1cc(Cl)cc(CBr)c1F. The Labute approximate surface area is 152 Å². The molecule has 0 saturated carbocycles. The molecule has 7 heteroatoms. The maximum atomic E-state index is 14.3. The molecular formula is C15H8Br2Cl2F2O. The van der Waals surface area contributed by atoms with Crippen molar-refractivity contribution in [2.24, 2.45) is 0 Å². The summed E-state index contributed by atoms with van der Waals surface area (Å²) >= 11 is 18.0. The fourth-order valence-corrected chi connectivity index (χ4v) is 3.26. The van der Waals surface area contributed by atoms with Crippen molar-refractivity contribution in [1.82, 2.24) is 0 Å². The lowest BCUT2D eigenvalue weighted by molar-refractivity contribution is 0.103. The molecule has 0 saturated heterocycles. The highest BCUT2D eigenvalue weighted by atomic mass is 79.9. The van der Waals surface area contributed by atoms with Crippen molar-refractivity contribution < 1.29 is 13.6 Å². The van der Waals surface area contributed by atoms with Gasteiger partial charge in [0.1, 0.15) is 11.6 Å². The van der Waals surface area contributed by atoms with Crippen molar-refractivity contribution in [3.05, 3.63) is 68.2 Å². The second-order valence-corrected chi connectivity index (χ2v) is 6.44. The van der Waals surface area contributed by atoms with E-state index in [1.807, 2.05) is 0 Å². The Morgan fingerprint density at radius 1 is 0.864 bits per heavy atom. The van der Waals surface area contributed by atoms with Crippen LogP contribution in [0.2, 0.25) is 10.0 Å². The highest BCUT2D eigenvalue weighted by molar-refractivity contribution is 9.08. The van der Waals surface area contributed by atoms with Gasteiger partial charge in [-0.15, -0.1) is 0 Å². The fourth-order valence-electron chi connectivity index (χ4n) is 1.96. The van der Waals surface area contributed by atoms with Crippen molar-refractivity contribution in [3.8, 4) is 0 Å². The van der Waals surface area contributed by atoms with Crippen molar-refractivity contribution in [1.29, 1.82) is 0 Å². The molecule has 0 aliphatic heterocycles. The molecular weight excluding hydrogens is 465 g/mol. The maximum absolute atomic E-state index is 14.3. The quantitative estimate of drug-likeness (QED) is 0.377. The minimum absolute atomic E-state index is 0.185. The van der Waals surface area contributed by atoms with E-state index in [1.54, 1.807) is 0 Å². The van der Waals surface area contributed by atoms with E-state index in [0.717, 1.165) is 0 Å². The number of rotatable bonds is 4. The highest BCUT2D eigenvalue weighted by Gasteiger charge is 2.22. The van der Waals surface area contributed by atoms with Crippen LogP contribution < -0.4 is 0 Å². The molecule has 22 heavy (non-hydrogen) atoms. The molecule has 0 unspecified atom stereocenters. The lowest BCUT2D eigenvalue weighted by Crippen LogP contribution is -2.10. The number of hydrogen-bond acceptors (Lipinski definition) is 1. The smallest absolute Gasteiger partial charge is 0.199 e. The Kier molecular flexibility index (Phi) is 6.00. The minimum atomic E-state index is -0.801. The van der Waals surface area contributed by atoms with Gasteiger partial charge < -0.3 is 0 Å². The number of carbonyl (C=O) groups excluding carboxylic acids is 1. The summed E-state index contributed by atoms with van der Waals surface area (Å²) in [5.41, 5.74) is -0.134. The van der Waals surface area contributed by atoms with Crippen molar-refractivity contribution in [2.45, 2.75) is 10.7 Å². The van der Waals surface area contributed by atoms with Crippen molar-refractivity contribution in [3.63, 3.8) is 0 Å². The number of ketones is 1. The van der Waals surface area contributed by atoms with E-state index in [1.165, 1.54) is 24.3 Å². The van der Waals surface area contributed by atoms with Crippen LogP contribution in [0.25, 0.3) is 0 Å². The van der Waals surface area contributed by atoms with Gasteiger partial charge in [0.25, 0.3) is 0 Å². The maximum Gasteiger partial charge on any atom is 0.199 e. The molecule has 0 fully saturated rings. The first-order valence-electron chi connectivity index (χ1n) is 6.01. The van der Waals surface area contributed by atoms with E-state index in [9.17, 15) is 13.6 Å². The lowest BCUT2D eigenvalue weighted by atomic mass is 9.99. The van der Waals surface area contributed by atoms with Gasteiger partial charge >= 0.3 is 0 Å². The molecule has 1 nitrogen and oxygen atoms in total. The molecule has 0 radical (unpaired) electrons. The molecule has 0 aliphatic rings. The van der Waals surface area contributed by atoms with E-state index in [0.29, 0.717) is 0 Å². The molecule has 2 rings (SSSR count). The number of benzene rings is 2. The molecule has 0 aliphatic carbocycles. The molecule has 0 spiro atoms.